The minimum atomic E-state index is -3.62. The van der Waals surface area contributed by atoms with Gasteiger partial charge < -0.3 is 4.74 Å². The Balaban J connectivity index is 1.68. The van der Waals surface area contributed by atoms with Crippen molar-refractivity contribution in [2.45, 2.75) is 24.0 Å². The highest BCUT2D eigenvalue weighted by molar-refractivity contribution is 9.11. The smallest absolute Gasteiger partial charge is 0.315 e. The fourth-order valence-corrected chi connectivity index (χ4v) is 6.56. The third kappa shape index (κ3) is 4.66. The van der Waals surface area contributed by atoms with Gasteiger partial charge in [0.15, 0.2) is 5.78 Å². The number of sulfonamides is 1. The number of thiophene rings is 1. The van der Waals surface area contributed by atoms with E-state index in [9.17, 15) is 18.0 Å². The lowest BCUT2D eigenvalue weighted by atomic mass is 10.00. The minimum absolute atomic E-state index is 0.0683. The van der Waals surface area contributed by atoms with E-state index in [1.54, 1.807) is 36.4 Å². The molecule has 0 N–H and O–H groups in total. The van der Waals surface area contributed by atoms with Crippen LogP contribution in [0, 0.1) is 5.92 Å². The van der Waals surface area contributed by atoms with Crippen molar-refractivity contribution in [1.82, 2.24) is 4.31 Å². The lowest BCUT2D eigenvalue weighted by molar-refractivity contribution is -0.140. The molecule has 0 aliphatic carbocycles. The molecule has 1 aliphatic rings. The number of hydrogen-bond donors (Lipinski definition) is 0. The Kier molecular flexibility index (Phi) is 6.15. The van der Waals surface area contributed by atoms with Crippen LogP contribution in [0.15, 0.2) is 44.4 Å². The van der Waals surface area contributed by atoms with Crippen LogP contribution in [0.5, 0.6) is 5.75 Å². The second-order valence-electron chi connectivity index (χ2n) is 6.26. The molecular formula is C18H18BrNO5S2. The zero-order valence-corrected chi connectivity index (χ0v) is 17.8. The molecule has 2 heterocycles. The summed E-state index contributed by atoms with van der Waals surface area (Å²) >= 11 is 4.42. The van der Waals surface area contributed by atoms with Crippen LogP contribution < -0.4 is 4.74 Å². The maximum atomic E-state index is 12.8. The first-order chi connectivity index (χ1) is 12.8. The van der Waals surface area contributed by atoms with E-state index in [0.717, 1.165) is 15.1 Å². The zero-order valence-electron chi connectivity index (χ0n) is 14.6. The number of carbonyl (C=O) groups is 2. The van der Waals surface area contributed by atoms with Gasteiger partial charge >= 0.3 is 5.97 Å². The maximum absolute atomic E-state index is 12.8. The highest BCUT2D eigenvalue weighted by Crippen LogP contribution is 2.31. The first kappa shape index (κ1) is 20.2. The number of ether oxygens (including phenoxy) is 1. The fraction of sp³-hybridized carbons (Fsp3) is 0.333. The molecule has 144 valence electrons. The van der Waals surface area contributed by atoms with Crippen LogP contribution in [-0.2, 0) is 14.8 Å². The second kappa shape index (κ2) is 8.22. The van der Waals surface area contributed by atoms with Crippen molar-refractivity contribution in [1.29, 1.82) is 0 Å². The summed E-state index contributed by atoms with van der Waals surface area (Å²) in [5.74, 6) is -0.712. The van der Waals surface area contributed by atoms with E-state index in [-0.39, 0.29) is 16.5 Å². The number of benzene rings is 1. The molecule has 0 bridgehead atoms. The fourth-order valence-electron chi connectivity index (χ4n) is 2.87. The number of halogens is 1. The molecule has 1 fully saturated rings. The summed E-state index contributed by atoms with van der Waals surface area (Å²) < 4.78 is 33.2. The summed E-state index contributed by atoms with van der Waals surface area (Å²) in [6, 6.07) is 9.57. The zero-order chi connectivity index (χ0) is 19.6. The Morgan fingerprint density at radius 2 is 1.89 bits per heavy atom. The first-order valence-corrected chi connectivity index (χ1v) is 11.4. The van der Waals surface area contributed by atoms with E-state index in [2.05, 4.69) is 15.9 Å². The van der Waals surface area contributed by atoms with Crippen molar-refractivity contribution in [3.05, 3.63) is 45.7 Å². The molecular weight excluding hydrogens is 454 g/mol. The van der Waals surface area contributed by atoms with E-state index in [4.69, 9.17) is 4.74 Å². The number of esters is 1. The molecule has 0 amide bonds. The van der Waals surface area contributed by atoms with E-state index in [0.29, 0.717) is 30.7 Å². The molecule has 1 aromatic heterocycles. The molecule has 1 saturated heterocycles. The van der Waals surface area contributed by atoms with Crippen molar-refractivity contribution in [2.24, 2.45) is 5.92 Å². The molecule has 0 saturated carbocycles. The van der Waals surface area contributed by atoms with Gasteiger partial charge in [-0.3, -0.25) is 9.59 Å². The van der Waals surface area contributed by atoms with Gasteiger partial charge in [0, 0.05) is 18.7 Å². The third-order valence-electron chi connectivity index (χ3n) is 4.34. The highest BCUT2D eigenvalue weighted by atomic mass is 79.9. The summed E-state index contributed by atoms with van der Waals surface area (Å²) in [7, 11) is -3.62. The number of rotatable bonds is 5. The Hall–Kier alpha value is -1.55. The van der Waals surface area contributed by atoms with Crippen LogP contribution in [-0.4, -0.2) is 37.6 Å². The van der Waals surface area contributed by atoms with E-state index in [1.165, 1.54) is 11.2 Å². The van der Waals surface area contributed by atoms with Crippen molar-refractivity contribution < 1.29 is 22.7 Å². The lowest BCUT2D eigenvalue weighted by Crippen LogP contribution is -2.43. The van der Waals surface area contributed by atoms with Crippen molar-refractivity contribution in [3.8, 4) is 5.75 Å². The number of piperidine rings is 1. The van der Waals surface area contributed by atoms with Crippen LogP contribution in [0.2, 0.25) is 0 Å². The second-order valence-corrected chi connectivity index (χ2v) is 10.9. The van der Waals surface area contributed by atoms with Crippen LogP contribution in [0.25, 0.3) is 0 Å². The summed E-state index contributed by atoms with van der Waals surface area (Å²) in [6.07, 6.45) is 1.17. The van der Waals surface area contributed by atoms with E-state index in [1.807, 2.05) is 0 Å². The monoisotopic (exact) mass is 471 g/mol. The molecule has 1 aliphatic heterocycles. The van der Waals surface area contributed by atoms with Gasteiger partial charge in [0.25, 0.3) is 10.0 Å². The van der Waals surface area contributed by atoms with Gasteiger partial charge in [-0.15, -0.1) is 11.3 Å². The molecule has 1 unspecified atom stereocenters. The first-order valence-electron chi connectivity index (χ1n) is 8.35. The Labute approximate surface area is 170 Å². The SMILES string of the molecule is CC(=O)c1ccc(OC(=O)C2CCCN(S(=O)(=O)c3ccc(Br)s3)C2)cc1. The molecule has 27 heavy (non-hydrogen) atoms. The van der Waals surface area contributed by atoms with Crippen LogP contribution in [0.4, 0.5) is 0 Å². The van der Waals surface area contributed by atoms with Gasteiger partial charge in [-0.05, 0) is 72.1 Å². The van der Waals surface area contributed by atoms with Gasteiger partial charge in [-0.25, -0.2) is 8.42 Å². The third-order valence-corrected chi connectivity index (χ3v) is 8.30. The number of ketones is 1. The van der Waals surface area contributed by atoms with Crippen molar-refractivity contribution in [2.75, 3.05) is 13.1 Å². The number of hydrogen-bond acceptors (Lipinski definition) is 6. The summed E-state index contributed by atoms with van der Waals surface area (Å²) in [5, 5.41) is 0. The maximum Gasteiger partial charge on any atom is 0.315 e. The van der Waals surface area contributed by atoms with Gasteiger partial charge in [0.05, 0.1) is 9.70 Å². The van der Waals surface area contributed by atoms with Gasteiger partial charge in [-0.2, -0.15) is 4.31 Å². The predicted molar refractivity (Wildman–Crippen MR) is 106 cm³/mol. The number of carbonyl (C=O) groups excluding carboxylic acids is 2. The largest absolute Gasteiger partial charge is 0.426 e. The Morgan fingerprint density at radius 1 is 1.19 bits per heavy atom. The Morgan fingerprint density at radius 3 is 2.48 bits per heavy atom. The van der Waals surface area contributed by atoms with E-state index >= 15 is 0 Å². The average Bonchev–Trinajstić information content (AvgIpc) is 3.09. The van der Waals surface area contributed by atoms with E-state index < -0.39 is 21.9 Å². The molecule has 9 heteroatoms. The molecule has 2 aromatic rings. The van der Waals surface area contributed by atoms with Crippen LogP contribution in [0.1, 0.15) is 30.1 Å². The summed E-state index contributed by atoms with van der Waals surface area (Å²) in [6.45, 7) is 1.95. The predicted octanol–water partition coefficient (Wildman–Crippen LogP) is 3.72. The quantitative estimate of drug-likeness (QED) is 0.377. The normalized spacial score (nSPS) is 18.2. The highest BCUT2D eigenvalue weighted by Gasteiger charge is 2.35. The molecule has 0 radical (unpaired) electrons. The number of Topliss-reactive ketones (excluding diaryl/α,β-unsaturated/α-hetero) is 1. The molecule has 1 atom stereocenters. The van der Waals surface area contributed by atoms with Gasteiger partial charge in [-0.1, -0.05) is 0 Å². The van der Waals surface area contributed by atoms with Crippen molar-refractivity contribution in [3.63, 3.8) is 0 Å². The van der Waals surface area contributed by atoms with Crippen LogP contribution in [0.3, 0.4) is 0 Å². The van der Waals surface area contributed by atoms with Crippen molar-refractivity contribution >= 4 is 49.0 Å². The lowest BCUT2D eigenvalue weighted by Gasteiger charge is -2.30. The average molecular weight is 472 g/mol. The van der Waals surface area contributed by atoms with Gasteiger partial charge in [0.1, 0.15) is 9.96 Å². The topological polar surface area (TPSA) is 80.8 Å². The minimum Gasteiger partial charge on any atom is -0.426 e. The molecule has 1 aromatic carbocycles. The van der Waals surface area contributed by atoms with Gasteiger partial charge in [0.2, 0.25) is 0 Å². The number of nitrogens with zero attached hydrogens (tertiary/aromatic N) is 1. The Bertz CT molecular complexity index is 952. The molecule has 0 spiro atoms. The molecule has 3 rings (SSSR count). The van der Waals surface area contributed by atoms with Crippen LogP contribution >= 0.6 is 27.3 Å². The molecule has 6 nitrogen and oxygen atoms in total. The summed E-state index contributed by atoms with van der Waals surface area (Å²) in [4.78, 5) is 23.8. The summed E-state index contributed by atoms with van der Waals surface area (Å²) in [5.41, 5.74) is 0.534. The standard InChI is InChI=1S/C18H18BrNO5S2/c1-12(21)13-4-6-15(7-5-13)25-18(22)14-3-2-10-20(11-14)27(23,24)17-9-8-16(19)26-17/h4-9,14H,2-3,10-11H2,1H3.